The van der Waals surface area contributed by atoms with Crippen LogP contribution in [0.4, 0.5) is 16.6 Å². The largest absolute Gasteiger partial charge is 0.466 e. The zero-order valence-corrected chi connectivity index (χ0v) is 17.6. The molecule has 0 unspecified atom stereocenters. The van der Waals surface area contributed by atoms with Crippen molar-refractivity contribution in [1.29, 1.82) is 0 Å². The van der Waals surface area contributed by atoms with Crippen molar-refractivity contribution in [2.75, 3.05) is 18.5 Å². The van der Waals surface area contributed by atoms with E-state index < -0.39 is 5.60 Å². The molecule has 0 radical (unpaired) electrons. The number of ether oxygens (including phenoxy) is 2. The monoisotopic (exact) mass is 414 g/mol. The maximum atomic E-state index is 12.3. The van der Waals surface area contributed by atoms with Gasteiger partial charge in [0.05, 0.1) is 43.4 Å². The molecule has 2 aromatic heterocycles. The highest BCUT2D eigenvalue weighted by molar-refractivity contribution is 5.72. The molecule has 30 heavy (non-hydrogen) atoms. The maximum absolute atomic E-state index is 12.3. The summed E-state index contributed by atoms with van der Waals surface area (Å²) >= 11 is 0. The van der Waals surface area contributed by atoms with Crippen LogP contribution in [0.15, 0.2) is 18.6 Å². The molecule has 1 N–H and O–H groups in total. The van der Waals surface area contributed by atoms with E-state index in [4.69, 9.17) is 9.47 Å². The van der Waals surface area contributed by atoms with Gasteiger partial charge in [-0.2, -0.15) is 0 Å². The van der Waals surface area contributed by atoms with Gasteiger partial charge in [0.1, 0.15) is 5.60 Å². The highest BCUT2D eigenvalue weighted by atomic mass is 16.6. The van der Waals surface area contributed by atoms with E-state index in [2.05, 4.69) is 25.3 Å². The van der Waals surface area contributed by atoms with Gasteiger partial charge in [-0.05, 0) is 39.7 Å². The van der Waals surface area contributed by atoms with E-state index in [-0.39, 0.29) is 18.5 Å². The fourth-order valence-electron chi connectivity index (χ4n) is 2.83. The number of carbonyl (C=O) groups is 2. The SMILES string of the molecule is CCOC(=O)Cc1cnc(Nc2ncc3c(n2)CN(C(=O)OC(C)(C)C)CC3)cn1. The normalized spacial score (nSPS) is 13.4. The molecule has 160 valence electrons. The van der Waals surface area contributed by atoms with E-state index in [0.717, 1.165) is 11.3 Å². The van der Waals surface area contributed by atoms with Gasteiger partial charge in [0.25, 0.3) is 0 Å². The van der Waals surface area contributed by atoms with E-state index in [1.165, 1.54) is 12.4 Å². The quantitative estimate of drug-likeness (QED) is 0.735. The lowest BCUT2D eigenvalue weighted by atomic mass is 10.1. The third-order valence-electron chi connectivity index (χ3n) is 4.17. The molecule has 1 aliphatic rings. The lowest BCUT2D eigenvalue weighted by Gasteiger charge is -2.30. The number of hydrogen-bond acceptors (Lipinski definition) is 9. The maximum Gasteiger partial charge on any atom is 0.410 e. The van der Waals surface area contributed by atoms with Crippen molar-refractivity contribution in [3.63, 3.8) is 0 Å². The number of anilines is 2. The zero-order valence-electron chi connectivity index (χ0n) is 17.6. The molecular formula is C20H26N6O4. The molecule has 2 aromatic rings. The van der Waals surface area contributed by atoms with E-state index in [9.17, 15) is 9.59 Å². The summed E-state index contributed by atoms with van der Waals surface area (Å²) in [7, 11) is 0. The molecule has 0 fully saturated rings. The number of hydrogen-bond donors (Lipinski definition) is 1. The van der Waals surface area contributed by atoms with Gasteiger partial charge in [-0.3, -0.25) is 9.78 Å². The number of nitrogens with one attached hydrogen (secondary N) is 1. The van der Waals surface area contributed by atoms with Crippen LogP contribution in [0.2, 0.25) is 0 Å². The van der Waals surface area contributed by atoms with Crippen LogP contribution in [0.3, 0.4) is 0 Å². The average Bonchev–Trinajstić information content (AvgIpc) is 2.68. The molecule has 1 amide bonds. The summed E-state index contributed by atoms with van der Waals surface area (Å²) in [6.45, 7) is 8.51. The number of fused-ring (bicyclic) bond motifs is 1. The van der Waals surface area contributed by atoms with Gasteiger partial charge in [0, 0.05) is 12.7 Å². The number of amides is 1. The van der Waals surface area contributed by atoms with Crippen molar-refractivity contribution in [3.05, 3.63) is 35.5 Å². The molecule has 0 aromatic carbocycles. The molecule has 0 bridgehead atoms. The zero-order chi connectivity index (χ0) is 21.7. The molecule has 3 heterocycles. The van der Waals surface area contributed by atoms with Crippen molar-refractivity contribution in [3.8, 4) is 0 Å². The Labute approximate surface area is 175 Å². The summed E-state index contributed by atoms with van der Waals surface area (Å²) in [5, 5.41) is 3.00. The first-order valence-electron chi connectivity index (χ1n) is 9.80. The van der Waals surface area contributed by atoms with Crippen LogP contribution in [0.1, 0.15) is 44.6 Å². The van der Waals surface area contributed by atoms with Gasteiger partial charge in [0.15, 0.2) is 5.82 Å². The lowest BCUT2D eigenvalue weighted by molar-refractivity contribution is -0.142. The summed E-state index contributed by atoms with van der Waals surface area (Å²) in [5.41, 5.74) is 1.72. The molecular weight excluding hydrogens is 388 g/mol. The van der Waals surface area contributed by atoms with E-state index in [1.54, 1.807) is 18.0 Å². The number of rotatable bonds is 5. The Balaban J connectivity index is 1.64. The van der Waals surface area contributed by atoms with Crippen molar-refractivity contribution in [2.45, 2.75) is 52.7 Å². The molecule has 0 aliphatic carbocycles. The summed E-state index contributed by atoms with van der Waals surface area (Å²) in [4.78, 5) is 42.8. The number of aromatic nitrogens is 4. The molecule has 3 rings (SSSR count). The van der Waals surface area contributed by atoms with Gasteiger partial charge in [-0.1, -0.05) is 0 Å². The first kappa shape index (κ1) is 21.4. The summed E-state index contributed by atoms with van der Waals surface area (Å²) in [6.07, 6.45) is 5.13. The van der Waals surface area contributed by atoms with Crippen molar-refractivity contribution < 1.29 is 19.1 Å². The van der Waals surface area contributed by atoms with Crippen molar-refractivity contribution >= 4 is 23.8 Å². The van der Waals surface area contributed by atoms with Crippen LogP contribution in [-0.4, -0.2) is 55.7 Å². The Morgan fingerprint density at radius 3 is 2.63 bits per heavy atom. The summed E-state index contributed by atoms with van der Waals surface area (Å²) in [6, 6.07) is 0. The van der Waals surface area contributed by atoms with Gasteiger partial charge in [-0.15, -0.1) is 0 Å². The standard InChI is InChI=1S/C20H26N6O4/c1-5-29-17(27)8-14-10-22-16(11-21-14)25-18-23-9-13-6-7-26(12-15(13)24-18)19(28)30-20(2,3)4/h9-11H,5-8,12H2,1-4H3,(H,22,23,24,25). The van der Waals surface area contributed by atoms with Crippen LogP contribution in [0.25, 0.3) is 0 Å². The van der Waals surface area contributed by atoms with Gasteiger partial charge in [-0.25, -0.2) is 19.7 Å². The molecule has 0 saturated carbocycles. The Kier molecular flexibility index (Phi) is 6.43. The van der Waals surface area contributed by atoms with E-state index in [0.29, 0.717) is 43.6 Å². The fraction of sp³-hybridized carbons (Fsp3) is 0.500. The summed E-state index contributed by atoms with van der Waals surface area (Å²) in [5.74, 6) is 0.453. The molecule has 1 aliphatic heterocycles. The van der Waals surface area contributed by atoms with Gasteiger partial charge in [0.2, 0.25) is 5.95 Å². The fourth-order valence-corrected chi connectivity index (χ4v) is 2.83. The smallest absolute Gasteiger partial charge is 0.410 e. The Hall–Kier alpha value is -3.30. The minimum absolute atomic E-state index is 0.0664. The number of esters is 1. The minimum Gasteiger partial charge on any atom is -0.466 e. The van der Waals surface area contributed by atoms with E-state index >= 15 is 0 Å². The molecule has 0 spiro atoms. The lowest BCUT2D eigenvalue weighted by Crippen LogP contribution is -2.40. The van der Waals surface area contributed by atoms with Crippen LogP contribution >= 0.6 is 0 Å². The molecule has 10 heteroatoms. The Bertz CT molecular complexity index is 911. The second kappa shape index (κ2) is 9.02. The predicted molar refractivity (Wildman–Crippen MR) is 108 cm³/mol. The highest BCUT2D eigenvalue weighted by Gasteiger charge is 2.26. The van der Waals surface area contributed by atoms with Gasteiger partial charge >= 0.3 is 12.1 Å². The molecule has 0 atom stereocenters. The second-order valence-electron chi connectivity index (χ2n) is 7.82. The second-order valence-corrected chi connectivity index (χ2v) is 7.82. The highest BCUT2D eigenvalue weighted by Crippen LogP contribution is 2.21. The molecule has 10 nitrogen and oxygen atoms in total. The van der Waals surface area contributed by atoms with Crippen molar-refractivity contribution in [2.24, 2.45) is 0 Å². The Morgan fingerprint density at radius 2 is 1.97 bits per heavy atom. The Morgan fingerprint density at radius 1 is 1.17 bits per heavy atom. The molecule has 0 saturated heterocycles. The third kappa shape index (κ3) is 5.85. The third-order valence-corrected chi connectivity index (χ3v) is 4.17. The van der Waals surface area contributed by atoms with Crippen LogP contribution in [-0.2, 0) is 33.7 Å². The minimum atomic E-state index is -0.548. The van der Waals surface area contributed by atoms with Gasteiger partial charge < -0.3 is 19.7 Å². The number of nitrogens with zero attached hydrogens (tertiary/aromatic N) is 5. The predicted octanol–water partition coefficient (Wildman–Crippen LogP) is 2.41. The van der Waals surface area contributed by atoms with E-state index in [1.807, 2.05) is 20.8 Å². The van der Waals surface area contributed by atoms with Crippen LogP contribution < -0.4 is 5.32 Å². The number of carbonyl (C=O) groups excluding carboxylic acids is 2. The topological polar surface area (TPSA) is 119 Å². The van der Waals surface area contributed by atoms with Crippen LogP contribution in [0.5, 0.6) is 0 Å². The average molecular weight is 414 g/mol. The van der Waals surface area contributed by atoms with Crippen LogP contribution in [0, 0.1) is 0 Å². The first-order chi connectivity index (χ1) is 14.2. The van der Waals surface area contributed by atoms with Crippen molar-refractivity contribution in [1.82, 2.24) is 24.8 Å². The summed E-state index contributed by atoms with van der Waals surface area (Å²) < 4.78 is 10.3. The first-order valence-corrected chi connectivity index (χ1v) is 9.80.